The molecule has 0 saturated heterocycles. The molecule has 0 aliphatic rings. The highest BCUT2D eigenvalue weighted by Crippen LogP contribution is 2.20. The molecule has 0 atom stereocenters. The maximum Gasteiger partial charge on any atom is 0.302 e. The quantitative estimate of drug-likeness (QED) is 0.603. The van der Waals surface area contributed by atoms with Gasteiger partial charge in [-0.15, -0.1) is 3.89 Å². The van der Waals surface area contributed by atoms with Crippen molar-refractivity contribution in [1.29, 1.82) is 0 Å². The second-order valence-electron chi connectivity index (χ2n) is 4.31. The van der Waals surface area contributed by atoms with Gasteiger partial charge in [-0.25, -0.2) is 0 Å². The van der Waals surface area contributed by atoms with Gasteiger partial charge in [0.25, 0.3) is 0 Å². The summed E-state index contributed by atoms with van der Waals surface area (Å²) in [6.45, 7) is 0.383. The average Bonchev–Trinajstić information content (AvgIpc) is 2.37. The van der Waals surface area contributed by atoms with Crippen molar-refractivity contribution >= 4 is 21.0 Å². The number of fused-ring (bicyclic) bond motifs is 1. The molecular weight excluding hydrogens is 267 g/mol. The molecule has 0 amide bonds. The van der Waals surface area contributed by atoms with E-state index in [4.69, 9.17) is 4.74 Å². The van der Waals surface area contributed by atoms with Crippen molar-refractivity contribution in [1.82, 2.24) is 0 Å². The molecule has 0 spiro atoms. The van der Waals surface area contributed by atoms with Crippen molar-refractivity contribution < 1.29 is 17.0 Å². The zero-order chi connectivity index (χ0) is 13.7. The molecule has 0 fully saturated rings. The monoisotopic (exact) mass is 282 g/mol. The number of ether oxygens (including phenoxy) is 1. The lowest BCUT2D eigenvalue weighted by Gasteiger charge is -2.06. The van der Waals surface area contributed by atoms with Crippen LogP contribution in [0, 0.1) is 0 Å². The van der Waals surface area contributed by atoms with Crippen LogP contribution in [-0.2, 0) is 10.2 Å². The summed E-state index contributed by atoms with van der Waals surface area (Å²) >= 11 is 0. The maximum atomic E-state index is 12.2. The van der Waals surface area contributed by atoms with Crippen LogP contribution in [0.4, 0.5) is 3.89 Å². The van der Waals surface area contributed by atoms with Gasteiger partial charge in [0.05, 0.1) is 12.4 Å². The van der Waals surface area contributed by atoms with Gasteiger partial charge in [-0.2, -0.15) is 8.42 Å². The number of unbranched alkanes of at least 4 members (excludes halogenated alkanes) is 1. The van der Waals surface area contributed by atoms with Crippen LogP contribution in [0.5, 0.6) is 5.75 Å². The first-order valence-corrected chi connectivity index (χ1v) is 7.64. The number of hydrogen-bond acceptors (Lipinski definition) is 3. The first kappa shape index (κ1) is 13.8. The van der Waals surface area contributed by atoms with Gasteiger partial charge in [0.15, 0.2) is 0 Å². The fraction of sp³-hybridized carbons (Fsp3) is 0.286. The molecule has 19 heavy (non-hydrogen) atoms. The third kappa shape index (κ3) is 4.52. The van der Waals surface area contributed by atoms with E-state index < -0.39 is 16.0 Å². The molecule has 0 aromatic heterocycles. The SMILES string of the molecule is O=S(=O)(F)CCCCOc1ccc2ccccc2c1. The Labute approximate surface area is 112 Å². The second kappa shape index (κ2) is 6.02. The Morgan fingerprint density at radius 3 is 2.47 bits per heavy atom. The molecule has 5 heteroatoms. The van der Waals surface area contributed by atoms with Crippen molar-refractivity contribution in [2.45, 2.75) is 12.8 Å². The standard InChI is InChI=1S/C14H15FO3S/c15-19(16,17)10-4-3-9-18-14-8-7-12-5-1-2-6-13(12)11-14/h1-2,5-8,11H,3-4,9-10H2. The van der Waals surface area contributed by atoms with Crippen LogP contribution in [0.1, 0.15) is 12.8 Å². The summed E-state index contributed by atoms with van der Waals surface area (Å²) in [6, 6.07) is 13.7. The minimum absolute atomic E-state index is 0.270. The lowest BCUT2D eigenvalue weighted by molar-refractivity contribution is 0.310. The van der Waals surface area contributed by atoms with E-state index in [1.807, 2.05) is 42.5 Å². The number of halogens is 1. The molecule has 0 radical (unpaired) electrons. The van der Waals surface area contributed by atoms with Crippen LogP contribution in [0.2, 0.25) is 0 Å². The van der Waals surface area contributed by atoms with Gasteiger partial charge in [0.1, 0.15) is 5.75 Å². The summed E-state index contributed by atoms with van der Waals surface area (Å²) in [4.78, 5) is 0. The van der Waals surface area contributed by atoms with E-state index in [1.165, 1.54) is 0 Å². The molecule has 0 saturated carbocycles. The average molecular weight is 282 g/mol. The van der Waals surface area contributed by atoms with Gasteiger partial charge >= 0.3 is 10.2 Å². The lowest BCUT2D eigenvalue weighted by Crippen LogP contribution is -2.02. The molecule has 2 rings (SSSR count). The molecule has 2 aromatic carbocycles. The fourth-order valence-corrected chi connectivity index (χ4v) is 2.37. The molecule has 2 aromatic rings. The highest BCUT2D eigenvalue weighted by atomic mass is 32.3. The van der Waals surface area contributed by atoms with Crippen molar-refractivity contribution in [3.8, 4) is 5.75 Å². The molecule has 0 unspecified atom stereocenters. The molecule has 3 nitrogen and oxygen atoms in total. The summed E-state index contributed by atoms with van der Waals surface area (Å²) in [5.41, 5.74) is 0. The smallest absolute Gasteiger partial charge is 0.302 e. The molecule has 0 aliphatic heterocycles. The third-order valence-corrected chi connectivity index (χ3v) is 3.55. The summed E-state index contributed by atoms with van der Waals surface area (Å²) in [5.74, 6) is 0.301. The molecule has 0 heterocycles. The predicted octanol–water partition coefficient (Wildman–Crippen LogP) is 3.30. The van der Waals surface area contributed by atoms with E-state index in [9.17, 15) is 12.3 Å². The summed E-state index contributed by atoms with van der Waals surface area (Å²) < 4.78 is 38.4. The van der Waals surface area contributed by atoms with Gasteiger partial charge in [-0.05, 0) is 35.7 Å². The van der Waals surface area contributed by atoms with Gasteiger partial charge in [0, 0.05) is 0 Å². The molecule has 0 aliphatic carbocycles. The highest BCUT2D eigenvalue weighted by Gasteiger charge is 2.05. The Kier molecular flexibility index (Phi) is 4.37. The van der Waals surface area contributed by atoms with Crippen LogP contribution in [0.3, 0.4) is 0 Å². The number of hydrogen-bond donors (Lipinski definition) is 0. The van der Waals surface area contributed by atoms with Crippen molar-refractivity contribution in [3.05, 3.63) is 42.5 Å². The van der Waals surface area contributed by atoms with E-state index in [0.29, 0.717) is 13.0 Å². The van der Waals surface area contributed by atoms with Gasteiger partial charge < -0.3 is 4.74 Å². The Balaban J connectivity index is 1.85. The Morgan fingerprint density at radius 2 is 1.74 bits per heavy atom. The largest absolute Gasteiger partial charge is 0.494 e. The van der Waals surface area contributed by atoms with E-state index >= 15 is 0 Å². The van der Waals surface area contributed by atoms with E-state index in [2.05, 4.69) is 0 Å². The first-order chi connectivity index (χ1) is 9.04. The zero-order valence-corrected chi connectivity index (χ0v) is 11.2. The van der Waals surface area contributed by atoms with Crippen LogP contribution in [-0.4, -0.2) is 20.8 Å². The molecule has 0 bridgehead atoms. The van der Waals surface area contributed by atoms with Crippen LogP contribution in [0.25, 0.3) is 10.8 Å². The minimum atomic E-state index is -4.35. The Bertz CT molecular complexity index is 653. The van der Waals surface area contributed by atoms with Gasteiger partial charge in [-0.1, -0.05) is 30.3 Å². The van der Waals surface area contributed by atoms with E-state index in [-0.39, 0.29) is 6.42 Å². The molecule has 0 N–H and O–H groups in total. The third-order valence-electron chi connectivity index (χ3n) is 2.77. The summed E-state index contributed by atoms with van der Waals surface area (Å²) in [7, 11) is -4.35. The number of rotatable bonds is 6. The lowest BCUT2D eigenvalue weighted by atomic mass is 10.1. The fourth-order valence-electron chi connectivity index (χ4n) is 1.82. The zero-order valence-electron chi connectivity index (χ0n) is 10.4. The van der Waals surface area contributed by atoms with Crippen LogP contribution >= 0.6 is 0 Å². The Hall–Kier alpha value is -1.62. The van der Waals surface area contributed by atoms with Crippen molar-refractivity contribution in [2.75, 3.05) is 12.4 Å². The topological polar surface area (TPSA) is 43.4 Å². The van der Waals surface area contributed by atoms with Crippen LogP contribution < -0.4 is 4.74 Å². The second-order valence-corrected chi connectivity index (χ2v) is 5.79. The molecular formula is C14H15FO3S. The first-order valence-electron chi connectivity index (χ1n) is 6.08. The van der Waals surface area contributed by atoms with Gasteiger partial charge in [0.2, 0.25) is 0 Å². The summed E-state index contributed by atoms with van der Waals surface area (Å²) in [6.07, 6.45) is 0.780. The van der Waals surface area contributed by atoms with E-state index in [0.717, 1.165) is 16.5 Å². The van der Waals surface area contributed by atoms with Crippen LogP contribution in [0.15, 0.2) is 42.5 Å². The van der Waals surface area contributed by atoms with Crippen molar-refractivity contribution in [2.24, 2.45) is 0 Å². The molecule has 102 valence electrons. The number of benzene rings is 2. The Morgan fingerprint density at radius 1 is 1.00 bits per heavy atom. The van der Waals surface area contributed by atoms with E-state index in [1.54, 1.807) is 0 Å². The van der Waals surface area contributed by atoms with Gasteiger partial charge in [-0.3, -0.25) is 0 Å². The summed E-state index contributed by atoms with van der Waals surface area (Å²) in [5, 5.41) is 2.23. The van der Waals surface area contributed by atoms with Crippen molar-refractivity contribution in [3.63, 3.8) is 0 Å². The maximum absolute atomic E-state index is 12.2. The highest BCUT2D eigenvalue weighted by molar-refractivity contribution is 7.86. The normalized spacial score (nSPS) is 11.6. The minimum Gasteiger partial charge on any atom is -0.494 e. The predicted molar refractivity (Wildman–Crippen MR) is 73.6 cm³/mol.